The van der Waals surface area contributed by atoms with E-state index in [1.165, 1.54) is 7.11 Å². The highest BCUT2D eigenvalue weighted by Gasteiger charge is 2.32. The van der Waals surface area contributed by atoms with Gasteiger partial charge in [0.2, 0.25) is 0 Å². The summed E-state index contributed by atoms with van der Waals surface area (Å²) in [5.74, 6) is 0.544. The van der Waals surface area contributed by atoms with Crippen molar-refractivity contribution in [2.45, 2.75) is 32.4 Å². The van der Waals surface area contributed by atoms with E-state index < -0.39 is 11.9 Å². The third-order valence-corrected chi connectivity index (χ3v) is 3.28. The maximum atomic E-state index is 12.6. The summed E-state index contributed by atoms with van der Waals surface area (Å²) < 4.78 is 43.0. The SMILES string of the molecule is COc1ccc(C(C)(C)C)cc1-c1cnc(C(F)(F)F)cn1. The maximum absolute atomic E-state index is 12.6. The molecule has 1 aromatic carbocycles. The summed E-state index contributed by atoms with van der Waals surface area (Å²) in [6.07, 6.45) is -2.64. The Balaban J connectivity index is 2.51. The van der Waals surface area contributed by atoms with E-state index in [0.29, 0.717) is 17.0 Å². The van der Waals surface area contributed by atoms with Gasteiger partial charge in [-0.2, -0.15) is 13.2 Å². The van der Waals surface area contributed by atoms with Gasteiger partial charge in [0, 0.05) is 5.56 Å². The molecule has 1 heterocycles. The molecule has 0 aliphatic carbocycles. The topological polar surface area (TPSA) is 35.0 Å². The van der Waals surface area contributed by atoms with Crippen LogP contribution in [0.4, 0.5) is 13.2 Å². The lowest BCUT2D eigenvalue weighted by Crippen LogP contribution is -2.11. The fourth-order valence-corrected chi connectivity index (χ4v) is 1.99. The van der Waals surface area contributed by atoms with Crippen molar-refractivity contribution in [3.8, 4) is 17.0 Å². The van der Waals surface area contributed by atoms with Crippen LogP contribution in [0, 0.1) is 0 Å². The number of halogens is 3. The number of benzene rings is 1. The summed E-state index contributed by atoms with van der Waals surface area (Å²) in [5.41, 5.74) is 0.889. The Morgan fingerprint density at radius 2 is 1.68 bits per heavy atom. The van der Waals surface area contributed by atoms with E-state index in [4.69, 9.17) is 4.74 Å². The summed E-state index contributed by atoms with van der Waals surface area (Å²) in [4.78, 5) is 7.34. The first-order valence-electron chi connectivity index (χ1n) is 6.71. The van der Waals surface area contributed by atoms with Crippen molar-refractivity contribution in [3.63, 3.8) is 0 Å². The van der Waals surface area contributed by atoms with Crippen LogP contribution >= 0.6 is 0 Å². The molecule has 118 valence electrons. The zero-order chi connectivity index (χ0) is 16.5. The van der Waals surface area contributed by atoms with E-state index in [-0.39, 0.29) is 5.41 Å². The van der Waals surface area contributed by atoms with Crippen molar-refractivity contribution in [2.75, 3.05) is 7.11 Å². The van der Waals surface area contributed by atoms with Crippen LogP contribution in [0.1, 0.15) is 32.0 Å². The van der Waals surface area contributed by atoms with Crippen LogP contribution < -0.4 is 4.74 Å². The van der Waals surface area contributed by atoms with E-state index >= 15 is 0 Å². The number of hydrogen-bond donors (Lipinski definition) is 0. The summed E-state index contributed by atoms with van der Waals surface area (Å²) in [6.45, 7) is 6.16. The first-order chi connectivity index (χ1) is 10.1. The minimum absolute atomic E-state index is 0.0969. The third-order valence-electron chi connectivity index (χ3n) is 3.28. The van der Waals surface area contributed by atoms with Crippen LogP contribution in [0.2, 0.25) is 0 Å². The van der Waals surface area contributed by atoms with Crippen LogP contribution in [0.5, 0.6) is 5.75 Å². The number of nitrogens with zero attached hydrogens (tertiary/aromatic N) is 2. The number of rotatable bonds is 2. The van der Waals surface area contributed by atoms with Crippen molar-refractivity contribution < 1.29 is 17.9 Å². The zero-order valence-electron chi connectivity index (χ0n) is 12.8. The first-order valence-corrected chi connectivity index (χ1v) is 6.71. The lowest BCUT2D eigenvalue weighted by Gasteiger charge is -2.21. The summed E-state index contributed by atoms with van der Waals surface area (Å²) >= 11 is 0. The van der Waals surface area contributed by atoms with E-state index in [9.17, 15) is 13.2 Å². The molecule has 0 bridgehead atoms. The van der Waals surface area contributed by atoms with Gasteiger partial charge in [0.25, 0.3) is 0 Å². The van der Waals surface area contributed by atoms with Gasteiger partial charge in [-0.25, -0.2) is 4.98 Å². The molecule has 0 unspecified atom stereocenters. The standard InChI is InChI=1S/C16H17F3N2O/c1-15(2,3)10-5-6-13(22-4)11(7-10)12-8-21-14(9-20-12)16(17,18)19/h5-9H,1-4H3. The van der Waals surface area contributed by atoms with Crippen LogP contribution in [0.3, 0.4) is 0 Å². The van der Waals surface area contributed by atoms with Crippen molar-refractivity contribution >= 4 is 0 Å². The highest BCUT2D eigenvalue weighted by atomic mass is 19.4. The predicted molar refractivity (Wildman–Crippen MR) is 77.7 cm³/mol. The van der Waals surface area contributed by atoms with Gasteiger partial charge in [-0.15, -0.1) is 0 Å². The fourth-order valence-electron chi connectivity index (χ4n) is 1.99. The van der Waals surface area contributed by atoms with Gasteiger partial charge in [0.15, 0.2) is 5.69 Å². The third kappa shape index (κ3) is 3.37. The van der Waals surface area contributed by atoms with Crippen molar-refractivity contribution in [1.82, 2.24) is 9.97 Å². The van der Waals surface area contributed by atoms with E-state index in [2.05, 4.69) is 30.7 Å². The van der Waals surface area contributed by atoms with E-state index in [0.717, 1.165) is 18.0 Å². The largest absolute Gasteiger partial charge is 0.496 e. The molecule has 0 N–H and O–H groups in total. The van der Waals surface area contributed by atoms with Crippen LogP contribution in [0.25, 0.3) is 11.3 Å². The van der Waals surface area contributed by atoms with Crippen LogP contribution in [0.15, 0.2) is 30.6 Å². The molecule has 0 spiro atoms. The van der Waals surface area contributed by atoms with Gasteiger partial charge < -0.3 is 4.74 Å². The second-order valence-electron chi connectivity index (χ2n) is 5.95. The molecule has 22 heavy (non-hydrogen) atoms. The highest BCUT2D eigenvalue weighted by Crippen LogP contribution is 2.34. The maximum Gasteiger partial charge on any atom is 0.434 e. The van der Waals surface area contributed by atoms with Gasteiger partial charge in [-0.1, -0.05) is 26.8 Å². The second-order valence-corrected chi connectivity index (χ2v) is 5.95. The Bertz CT molecular complexity index is 659. The van der Waals surface area contributed by atoms with E-state index in [1.54, 1.807) is 6.07 Å². The normalized spacial score (nSPS) is 12.3. The lowest BCUT2D eigenvalue weighted by molar-refractivity contribution is -0.141. The molecular weight excluding hydrogens is 293 g/mol. The second kappa shape index (κ2) is 5.59. The highest BCUT2D eigenvalue weighted by molar-refractivity contribution is 5.67. The number of alkyl halides is 3. The van der Waals surface area contributed by atoms with Crippen molar-refractivity contribution in [3.05, 3.63) is 41.9 Å². The molecule has 0 fully saturated rings. The van der Waals surface area contributed by atoms with Crippen LogP contribution in [-0.2, 0) is 11.6 Å². The Hall–Kier alpha value is -2.11. The minimum atomic E-state index is -4.50. The lowest BCUT2D eigenvalue weighted by atomic mass is 9.85. The predicted octanol–water partition coefficient (Wildman–Crippen LogP) is 4.47. The van der Waals surface area contributed by atoms with Gasteiger partial charge in [0.1, 0.15) is 5.75 Å². The molecule has 6 heteroatoms. The molecule has 0 aliphatic rings. The van der Waals surface area contributed by atoms with E-state index in [1.807, 2.05) is 12.1 Å². The summed E-state index contributed by atoms with van der Waals surface area (Å²) in [5, 5.41) is 0. The smallest absolute Gasteiger partial charge is 0.434 e. The molecule has 1 aromatic heterocycles. The Labute approximate surface area is 127 Å². The summed E-state index contributed by atoms with van der Waals surface area (Å²) in [6, 6.07) is 5.59. The molecule has 3 nitrogen and oxygen atoms in total. The van der Waals surface area contributed by atoms with Crippen molar-refractivity contribution in [2.24, 2.45) is 0 Å². The molecular formula is C16H17F3N2O. The molecule has 0 amide bonds. The molecule has 0 aliphatic heterocycles. The van der Waals surface area contributed by atoms with Gasteiger partial charge in [-0.05, 0) is 23.1 Å². The number of methoxy groups -OCH3 is 1. The fraction of sp³-hybridized carbons (Fsp3) is 0.375. The molecule has 0 radical (unpaired) electrons. The molecule has 0 saturated heterocycles. The minimum Gasteiger partial charge on any atom is -0.496 e. The Morgan fingerprint density at radius 3 is 2.14 bits per heavy atom. The zero-order valence-corrected chi connectivity index (χ0v) is 12.8. The molecule has 2 rings (SSSR count). The molecule has 2 aromatic rings. The van der Waals surface area contributed by atoms with Gasteiger partial charge in [-0.3, -0.25) is 4.98 Å². The quantitative estimate of drug-likeness (QED) is 0.821. The Morgan fingerprint density at radius 1 is 1.00 bits per heavy atom. The average molecular weight is 310 g/mol. The monoisotopic (exact) mass is 310 g/mol. The molecule has 0 saturated carbocycles. The van der Waals surface area contributed by atoms with Gasteiger partial charge >= 0.3 is 6.18 Å². The van der Waals surface area contributed by atoms with Crippen molar-refractivity contribution in [1.29, 1.82) is 0 Å². The number of aromatic nitrogens is 2. The number of ether oxygens (including phenoxy) is 1. The Kier molecular flexibility index (Phi) is 4.13. The summed E-state index contributed by atoms with van der Waals surface area (Å²) in [7, 11) is 1.51. The molecule has 0 atom stereocenters. The first kappa shape index (κ1) is 16.3. The average Bonchev–Trinajstić information content (AvgIpc) is 2.45. The number of hydrogen-bond acceptors (Lipinski definition) is 3. The van der Waals surface area contributed by atoms with Gasteiger partial charge in [0.05, 0.1) is 25.2 Å². The van der Waals surface area contributed by atoms with Crippen LogP contribution in [-0.4, -0.2) is 17.1 Å².